The number of hydrogen-bond donors (Lipinski definition) is 1. The van der Waals surface area contributed by atoms with Gasteiger partial charge in [0.2, 0.25) is 5.16 Å². The van der Waals surface area contributed by atoms with Crippen molar-refractivity contribution in [1.29, 1.82) is 0 Å². The number of nitrogens with zero attached hydrogens (tertiary/aromatic N) is 3. The summed E-state index contributed by atoms with van der Waals surface area (Å²) in [6, 6.07) is 15.6. The van der Waals surface area contributed by atoms with Crippen molar-refractivity contribution in [2.75, 3.05) is 12.4 Å². The van der Waals surface area contributed by atoms with Gasteiger partial charge in [-0.3, -0.25) is 4.79 Å². The molecule has 0 saturated heterocycles. The summed E-state index contributed by atoms with van der Waals surface area (Å²) in [7, 11) is 0. The summed E-state index contributed by atoms with van der Waals surface area (Å²) in [5.41, 5.74) is 3.05. The van der Waals surface area contributed by atoms with Crippen LogP contribution < -0.4 is 10.6 Å². The maximum absolute atomic E-state index is 12.5. The lowest BCUT2D eigenvalue weighted by atomic mass is 10.0. The number of aryl methyl sites for hydroxylation is 1. The third kappa shape index (κ3) is 5.58. The topological polar surface area (TPSA) is 92.3 Å². The van der Waals surface area contributed by atoms with Crippen molar-refractivity contribution in [2.45, 2.75) is 50.6 Å². The first-order valence-corrected chi connectivity index (χ1v) is 11.1. The van der Waals surface area contributed by atoms with Crippen LogP contribution in [0.2, 0.25) is 0 Å². The first-order chi connectivity index (χ1) is 14.9. The highest BCUT2D eigenvalue weighted by Gasteiger charge is 2.26. The van der Waals surface area contributed by atoms with Crippen molar-refractivity contribution in [3.8, 4) is 5.75 Å². The molecule has 31 heavy (non-hydrogen) atoms. The molecule has 164 valence electrons. The quantitative estimate of drug-likeness (QED) is 0.299. The SMILES string of the molecule is CCOC(=O)C(Sc1nnc(COc2cc(C)ccc2C(C)C)n1N)c1ccccc1. The molecule has 0 saturated carbocycles. The van der Waals surface area contributed by atoms with Crippen LogP contribution in [0.3, 0.4) is 0 Å². The summed E-state index contributed by atoms with van der Waals surface area (Å²) < 4.78 is 12.6. The van der Waals surface area contributed by atoms with E-state index in [2.05, 4.69) is 36.2 Å². The molecule has 0 amide bonds. The Morgan fingerprint density at radius 3 is 2.58 bits per heavy atom. The second-order valence-electron chi connectivity index (χ2n) is 7.41. The van der Waals surface area contributed by atoms with Crippen LogP contribution in [0.5, 0.6) is 5.75 Å². The highest BCUT2D eigenvalue weighted by molar-refractivity contribution is 8.00. The van der Waals surface area contributed by atoms with E-state index in [9.17, 15) is 4.79 Å². The number of hydrogen-bond acceptors (Lipinski definition) is 7. The van der Waals surface area contributed by atoms with Crippen LogP contribution in [0.1, 0.15) is 54.5 Å². The molecule has 0 radical (unpaired) electrons. The predicted octanol–water partition coefficient (Wildman–Crippen LogP) is 4.40. The zero-order valence-electron chi connectivity index (χ0n) is 18.2. The van der Waals surface area contributed by atoms with Gasteiger partial charge in [0.15, 0.2) is 5.82 Å². The predicted molar refractivity (Wildman–Crippen MR) is 121 cm³/mol. The van der Waals surface area contributed by atoms with Gasteiger partial charge in [-0.2, -0.15) is 0 Å². The molecule has 1 unspecified atom stereocenters. The molecule has 7 nitrogen and oxygen atoms in total. The fraction of sp³-hybridized carbons (Fsp3) is 0.348. The Kier molecular flexibility index (Phi) is 7.57. The molecule has 0 bridgehead atoms. The van der Waals surface area contributed by atoms with E-state index in [1.807, 2.05) is 43.3 Å². The number of thioether (sulfide) groups is 1. The first kappa shape index (κ1) is 22.7. The molecule has 0 aliphatic carbocycles. The van der Waals surface area contributed by atoms with E-state index >= 15 is 0 Å². The molecule has 3 rings (SSSR count). The zero-order valence-corrected chi connectivity index (χ0v) is 19.1. The Balaban J connectivity index is 1.78. The smallest absolute Gasteiger partial charge is 0.324 e. The van der Waals surface area contributed by atoms with E-state index in [0.29, 0.717) is 23.5 Å². The monoisotopic (exact) mass is 440 g/mol. The normalized spacial score (nSPS) is 12.0. The Morgan fingerprint density at radius 1 is 1.16 bits per heavy atom. The maximum Gasteiger partial charge on any atom is 0.324 e. The summed E-state index contributed by atoms with van der Waals surface area (Å²) in [5, 5.41) is 8.16. The largest absolute Gasteiger partial charge is 0.485 e. The van der Waals surface area contributed by atoms with Crippen LogP contribution in [0.15, 0.2) is 53.7 Å². The standard InChI is InChI=1S/C23H28N4O3S/c1-5-29-22(28)21(17-9-7-6-8-10-17)31-23-26-25-20(27(23)24)14-30-19-13-16(4)11-12-18(19)15(2)3/h6-13,15,21H,5,14,24H2,1-4H3. The molecule has 8 heteroatoms. The molecule has 1 atom stereocenters. The maximum atomic E-state index is 12.5. The number of aromatic nitrogens is 3. The molecule has 2 N–H and O–H groups in total. The summed E-state index contributed by atoms with van der Waals surface area (Å²) in [6.45, 7) is 8.51. The second-order valence-corrected chi connectivity index (χ2v) is 8.49. The average Bonchev–Trinajstić information content (AvgIpc) is 3.10. The Bertz CT molecular complexity index is 1020. The minimum absolute atomic E-state index is 0.169. The molecular formula is C23H28N4O3S. The number of esters is 1. The first-order valence-electron chi connectivity index (χ1n) is 10.2. The van der Waals surface area contributed by atoms with Crippen molar-refractivity contribution in [3.05, 3.63) is 71.0 Å². The van der Waals surface area contributed by atoms with Crippen molar-refractivity contribution >= 4 is 17.7 Å². The van der Waals surface area contributed by atoms with Crippen LogP contribution in [-0.2, 0) is 16.1 Å². The van der Waals surface area contributed by atoms with Gasteiger partial charge < -0.3 is 15.3 Å². The third-order valence-corrected chi connectivity index (χ3v) is 5.90. The van der Waals surface area contributed by atoms with Gasteiger partial charge in [-0.1, -0.05) is 68.1 Å². The van der Waals surface area contributed by atoms with Crippen LogP contribution in [-0.4, -0.2) is 27.4 Å². The lowest BCUT2D eigenvalue weighted by molar-refractivity contribution is -0.142. The number of rotatable bonds is 9. The van der Waals surface area contributed by atoms with E-state index in [0.717, 1.165) is 22.4 Å². The van der Waals surface area contributed by atoms with Gasteiger partial charge in [-0.25, -0.2) is 4.68 Å². The van der Waals surface area contributed by atoms with E-state index in [4.69, 9.17) is 15.3 Å². The van der Waals surface area contributed by atoms with Crippen LogP contribution in [0.25, 0.3) is 0 Å². The van der Waals surface area contributed by atoms with E-state index in [-0.39, 0.29) is 12.6 Å². The number of carbonyl (C=O) groups excluding carboxylic acids is 1. The van der Waals surface area contributed by atoms with Gasteiger partial charge in [-0.15, -0.1) is 10.2 Å². The van der Waals surface area contributed by atoms with Crippen molar-refractivity contribution in [2.24, 2.45) is 0 Å². The van der Waals surface area contributed by atoms with Crippen LogP contribution >= 0.6 is 11.8 Å². The molecule has 2 aromatic carbocycles. The zero-order chi connectivity index (χ0) is 22.4. The lowest BCUT2D eigenvalue weighted by Gasteiger charge is -2.16. The van der Waals surface area contributed by atoms with E-state index in [1.165, 1.54) is 16.4 Å². The third-order valence-electron chi connectivity index (χ3n) is 4.71. The molecule has 3 aromatic rings. The highest BCUT2D eigenvalue weighted by atomic mass is 32.2. The van der Waals surface area contributed by atoms with Crippen molar-refractivity contribution < 1.29 is 14.3 Å². The number of benzene rings is 2. The van der Waals surface area contributed by atoms with Gasteiger partial charge in [0.1, 0.15) is 17.6 Å². The Morgan fingerprint density at radius 2 is 1.90 bits per heavy atom. The van der Waals surface area contributed by atoms with Gasteiger partial charge in [-0.05, 0) is 42.5 Å². The molecule has 0 aliphatic heterocycles. The van der Waals surface area contributed by atoms with Gasteiger partial charge in [0, 0.05) is 0 Å². The second kappa shape index (κ2) is 10.3. The number of nitrogen functional groups attached to an aromatic ring is 1. The molecular weight excluding hydrogens is 412 g/mol. The van der Waals surface area contributed by atoms with E-state index < -0.39 is 5.25 Å². The van der Waals surface area contributed by atoms with E-state index in [1.54, 1.807) is 6.92 Å². The highest BCUT2D eigenvalue weighted by Crippen LogP contribution is 2.35. The summed E-state index contributed by atoms with van der Waals surface area (Å²) in [5.74, 6) is 7.49. The molecule has 0 spiro atoms. The number of nitrogens with two attached hydrogens (primary N) is 1. The molecule has 0 aliphatic rings. The number of ether oxygens (including phenoxy) is 2. The summed E-state index contributed by atoms with van der Waals surface area (Å²) in [4.78, 5) is 12.5. The minimum Gasteiger partial charge on any atom is -0.485 e. The van der Waals surface area contributed by atoms with Crippen LogP contribution in [0, 0.1) is 6.92 Å². The van der Waals surface area contributed by atoms with Crippen molar-refractivity contribution in [3.63, 3.8) is 0 Å². The summed E-state index contributed by atoms with van der Waals surface area (Å²) >= 11 is 1.20. The molecule has 0 fully saturated rings. The Labute approximate surface area is 186 Å². The average molecular weight is 441 g/mol. The fourth-order valence-corrected chi connectivity index (χ4v) is 4.05. The Hall–Kier alpha value is -3.00. The number of carbonyl (C=O) groups is 1. The van der Waals surface area contributed by atoms with Crippen LogP contribution in [0.4, 0.5) is 0 Å². The lowest BCUT2D eigenvalue weighted by Crippen LogP contribution is -2.18. The fourth-order valence-electron chi connectivity index (χ4n) is 3.08. The summed E-state index contributed by atoms with van der Waals surface area (Å²) in [6.07, 6.45) is 0. The molecule has 1 heterocycles. The molecule has 1 aromatic heterocycles. The van der Waals surface area contributed by atoms with Gasteiger partial charge in [0.25, 0.3) is 0 Å². The van der Waals surface area contributed by atoms with Gasteiger partial charge in [0.05, 0.1) is 6.61 Å². The van der Waals surface area contributed by atoms with Gasteiger partial charge >= 0.3 is 5.97 Å². The minimum atomic E-state index is -0.592. The van der Waals surface area contributed by atoms with Crippen molar-refractivity contribution in [1.82, 2.24) is 14.9 Å².